The summed E-state index contributed by atoms with van der Waals surface area (Å²) in [6.07, 6.45) is 0. The Labute approximate surface area is 145 Å². The molecule has 1 heterocycles. The molecule has 0 saturated carbocycles. The number of anilines is 2. The molecule has 0 saturated heterocycles. The Morgan fingerprint density at radius 1 is 0.720 bits per heavy atom. The number of nitrogens with one attached hydrogen (secondary N) is 1. The molecule has 0 atom stereocenters. The minimum absolute atomic E-state index is 0.939. The summed E-state index contributed by atoms with van der Waals surface area (Å²) < 4.78 is 6.17. The van der Waals surface area contributed by atoms with E-state index in [-0.39, 0.29) is 0 Å². The quantitative estimate of drug-likeness (QED) is 0.387. The number of aryl methyl sites for hydroxylation is 1. The number of fused-ring (bicyclic) bond motifs is 5. The van der Waals surface area contributed by atoms with Crippen molar-refractivity contribution in [1.29, 1.82) is 0 Å². The van der Waals surface area contributed by atoms with Gasteiger partial charge in [0.15, 0.2) is 0 Å². The summed E-state index contributed by atoms with van der Waals surface area (Å²) in [6, 6.07) is 27.2. The van der Waals surface area contributed by atoms with E-state index < -0.39 is 0 Å². The molecule has 5 rings (SSSR count). The lowest BCUT2D eigenvalue weighted by Gasteiger charge is -2.08. The largest absolute Gasteiger partial charge is 0.456 e. The Hall–Kier alpha value is -3.26. The third-order valence-electron chi connectivity index (χ3n) is 4.71. The van der Waals surface area contributed by atoms with E-state index in [1.54, 1.807) is 0 Å². The second-order valence-electron chi connectivity index (χ2n) is 6.42. The maximum Gasteiger partial charge on any atom is 0.138 e. The average molecular weight is 323 g/mol. The highest BCUT2D eigenvalue weighted by molar-refractivity contribution is 6.19. The van der Waals surface area contributed by atoms with Crippen LogP contribution in [0.3, 0.4) is 0 Å². The Kier molecular flexibility index (Phi) is 3.04. The molecule has 0 aliphatic heterocycles. The first-order chi connectivity index (χ1) is 12.3. The van der Waals surface area contributed by atoms with Gasteiger partial charge in [-0.1, -0.05) is 48.5 Å². The molecule has 1 N–H and O–H groups in total. The third kappa shape index (κ3) is 2.26. The fraction of sp³-hybridized carbons (Fsp3) is 0.0435. The Balaban J connectivity index is 1.80. The normalized spacial score (nSPS) is 11.4. The van der Waals surface area contributed by atoms with Gasteiger partial charge >= 0.3 is 0 Å². The summed E-state index contributed by atoms with van der Waals surface area (Å²) in [6.45, 7) is 2.10. The highest BCUT2D eigenvalue weighted by Gasteiger charge is 2.13. The third-order valence-corrected chi connectivity index (χ3v) is 4.71. The summed E-state index contributed by atoms with van der Waals surface area (Å²) in [7, 11) is 0. The zero-order valence-corrected chi connectivity index (χ0v) is 13.9. The van der Waals surface area contributed by atoms with Crippen molar-refractivity contribution < 1.29 is 4.42 Å². The van der Waals surface area contributed by atoms with E-state index in [1.807, 2.05) is 18.2 Å². The average Bonchev–Trinajstić information content (AvgIpc) is 3.02. The van der Waals surface area contributed by atoms with Crippen LogP contribution < -0.4 is 5.32 Å². The van der Waals surface area contributed by atoms with Crippen LogP contribution in [0.25, 0.3) is 32.7 Å². The molecule has 0 bridgehead atoms. The molecule has 2 heteroatoms. The second-order valence-corrected chi connectivity index (χ2v) is 6.42. The summed E-state index contributed by atoms with van der Waals surface area (Å²) in [5.41, 5.74) is 5.19. The van der Waals surface area contributed by atoms with Crippen molar-refractivity contribution in [1.82, 2.24) is 0 Å². The van der Waals surface area contributed by atoms with Crippen molar-refractivity contribution in [3.63, 3.8) is 0 Å². The van der Waals surface area contributed by atoms with Gasteiger partial charge < -0.3 is 9.73 Å². The molecule has 4 aromatic carbocycles. The standard InChI is InChI=1S/C23H17NO/c1-15-13-18(24-17-8-3-2-4-9-17)14-20-22-19-10-6-5-7-16(19)11-12-21(22)25-23(15)20/h2-14,24H,1H3. The fourth-order valence-electron chi connectivity index (χ4n) is 3.58. The molecular formula is C23H17NO. The number of para-hydroxylation sites is 1. The van der Waals surface area contributed by atoms with Gasteiger partial charge in [0.2, 0.25) is 0 Å². The van der Waals surface area contributed by atoms with Crippen LogP contribution in [0.2, 0.25) is 0 Å². The molecule has 1 aromatic heterocycles. The van der Waals surface area contributed by atoms with Crippen LogP contribution in [-0.4, -0.2) is 0 Å². The monoisotopic (exact) mass is 323 g/mol. The predicted octanol–water partition coefficient (Wildman–Crippen LogP) is 6.79. The van der Waals surface area contributed by atoms with Crippen LogP contribution in [-0.2, 0) is 0 Å². The van der Waals surface area contributed by atoms with E-state index in [2.05, 4.69) is 72.9 Å². The summed E-state index contributed by atoms with van der Waals surface area (Å²) >= 11 is 0. The fourth-order valence-corrected chi connectivity index (χ4v) is 3.58. The van der Waals surface area contributed by atoms with E-state index in [9.17, 15) is 0 Å². The molecule has 0 amide bonds. The summed E-state index contributed by atoms with van der Waals surface area (Å²) in [5.74, 6) is 0. The van der Waals surface area contributed by atoms with E-state index in [4.69, 9.17) is 4.42 Å². The smallest absolute Gasteiger partial charge is 0.138 e. The van der Waals surface area contributed by atoms with E-state index in [1.165, 1.54) is 16.2 Å². The first-order valence-corrected chi connectivity index (χ1v) is 8.46. The van der Waals surface area contributed by atoms with Gasteiger partial charge in [-0.05, 0) is 53.6 Å². The minimum Gasteiger partial charge on any atom is -0.456 e. The molecule has 2 nitrogen and oxygen atoms in total. The maximum absolute atomic E-state index is 6.17. The molecule has 25 heavy (non-hydrogen) atoms. The van der Waals surface area contributed by atoms with Gasteiger partial charge in [0.05, 0.1) is 0 Å². The van der Waals surface area contributed by atoms with Gasteiger partial charge in [0.1, 0.15) is 11.2 Å². The van der Waals surface area contributed by atoms with E-state index in [0.29, 0.717) is 0 Å². The van der Waals surface area contributed by atoms with Gasteiger partial charge in [0.25, 0.3) is 0 Å². The molecule has 0 aliphatic carbocycles. The van der Waals surface area contributed by atoms with Gasteiger partial charge in [-0.3, -0.25) is 0 Å². The van der Waals surface area contributed by atoms with E-state index >= 15 is 0 Å². The molecular weight excluding hydrogens is 306 g/mol. The number of rotatable bonds is 2. The first-order valence-electron chi connectivity index (χ1n) is 8.46. The second kappa shape index (κ2) is 5.38. The van der Waals surface area contributed by atoms with Crippen LogP contribution >= 0.6 is 0 Å². The van der Waals surface area contributed by atoms with Gasteiger partial charge in [-0.2, -0.15) is 0 Å². The highest BCUT2D eigenvalue weighted by atomic mass is 16.3. The molecule has 5 aromatic rings. The van der Waals surface area contributed by atoms with Crippen LogP contribution in [0.4, 0.5) is 11.4 Å². The Morgan fingerprint density at radius 3 is 2.40 bits per heavy atom. The predicted molar refractivity (Wildman–Crippen MR) is 106 cm³/mol. The van der Waals surface area contributed by atoms with Gasteiger partial charge in [-0.25, -0.2) is 0 Å². The minimum atomic E-state index is 0.939. The molecule has 0 aliphatic rings. The van der Waals surface area contributed by atoms with Crippen molar-refractivity contribution in [2.75, 3.05) is 5.32 Å². The molecule has 0 radical (unpaired) electrons. The lowest BCUT2D eigenvalue weighted by Crippen LogP contribution is -1.90. The summed E-state index contributed by atoms with van der Waals surface area (Å²) in [5, 5.41) is 8.31. The number of furan rings is 1. The van der Waals surface area contributed by atoms with Gasteiger partial charge in [-0.15, -0.1) is 0 Å². The molecule has 0 spiro atoms. The number of benzene rings is 4. The lowest BCUT2D eigenvalue weighted by molar-refractivity contribution is 0.666. The van der Waals surface area contributed by atoms with Crippen LogP contribution in [0.15, 0.2) is 83.3 Å². The zero-order chi connectivity index (χ0) is 16.8. The van der Waals surface area contributed by atoms with Crippen molar-refractivity contribution in [2.24, 2.45) is 0 Å². The van der Waals surface area contributed by atoms with Gasteiger partial charge in [0, 0.05) is 22.1 Å². The number of hydrogen-bond acceptors (Lipinski definition) is 2. The number of hydrogen-bond donors (Lipinski definition) is 1. The summed E-state index contributed by atoms with van der Waals surface area (Å²) in [4.78, 5) is 0. The van der Waals surface area contributed by atoms with Crippen molar-refractivity contribution in [3.05, 3.63) is 84.4 Å². The van der Waals surface area contributed by atoms with E-state index in [0.717, 1.165) is 33.5 Å². The molecule has 0 unspecified atom stereocenters. The molecule has 0 fully saturated rings. The highest BCUT2D eigenvalue weighted by Crippen LogP contribution is 2.37. The zero-order valence-electron chi connectivity index (χ0n) is 13.9. The van der Waals surface area contributed by atoms with Crippen molar-refractivity contribution in [3.8, 4) is 0 Å². The topological polar surface area (TPSA) is 25.2 Å². The van der Waals surface area contributed by atoms with Crippen LogP contribution in [0.5, 0.6) is 0 Å². The van der Waals surface area contributed by atoms with Crippen molar-refractivity contribution >= 4 is 44.1 Å². The Bertz CT molecular complexity index is 1220. The van der Waals surface area contributed by atoms with Crippen LogP contribution in [0.1, 0.15) is 5.56 Å². The SMILES string of the molecule is Cc1cc(Nc2ccccc2)cc2c1oc1ccc3ccccc3c12. The lowest BCUT2D eigenvalue weighted by atomic mass is 10.0. The Morgan fingerprint density at radius 2 is 1.52 bits per heavy atom. The van der Waals surface area contributed by atoms with Crippen LogP contribution in [0, 0.1) is 6.92 Å². The van der Waals surface area contributed by atoms with Crippen molar-refractivity contribution in [2.45, 2.75) is 6.92 Å². The first kappa shape index (κ1) is 14.1. The molecule has 120 valence electrons. The maximum atomic E-state index is 6.17.